The van der Waals surface area contributed by atoms with Crippen LogP contribution in [0.5, 0.6) is 5.75 Å². The number of rotatable bonds is 0. The smallest absolute Gasteiger partial charge is 0.246 e. The summed E-state index contributed by atoms with van der Waals surface area (Å²) in [6.45, 7) is 5.54. The first-order valence-electron chi connectivity index (χ1n) is 12.4. The number of piperidine rings is 1. The summed E-state index contributed by atoms with van der Waals surface area (Å²) in [7, 11) is 0. The average molecular weight is 457 g/mol. The zero-order valence-electron chi connectivity index (χ0n) is 19.8. The fraction of sp³-hybridized carbons (Fsp3) is 0.692. The Morgan fingerprint density at radius 2 is 1.88 bits per heavy atom. The number of amides is 2. The van der Waals surface area contributed by atoms with Gasteiger partial charge in [-0.2, -0.15) is 0 Å². The molecule has 2 saturated heterocycles. The van der Waals surface area contributed by atoms with Crippen molar-refractivity contribution in [1.29, 1.82) is 0 Å². The molecule has 6 rings (SSSR count). The van der Waals surface area contributed by atoms with Gasteiger partial charge >= 0.3 is 0 Å². The lowest BCUT2D eigenvalue weighted by atomic mass is 9.79. The number of carbonyl (C=O) groups is 2. The van der Waals surface area contributed by atoms with Gasteiger partial charge < -0.3 is 24.4 Å². The Morgan fingerprint density at radius 1 is 1.09 bits per heavy atom. The number of fused-ring (bicyclic) bond motifs is 6. The zero-order chi connectivity index (χ0) is 23.1. The lowest BCUT2D eigenvalue weighted by Gasteiger charge is -2.52. The molecule has 7 heteroatoms. The van der Waals surface area contributed by atoms with E-state index >= 15 is 0 Å². The minimum Gasteiger partial charge on any atom is -0.487 e. The van der Waals surface area contributed by atoms with Crippen LogP contribution in [0.3, 0.4) is 0 Å². The molecule has 0 unspecified atom stereocenters. The predicted octanol–water partition coefficient (Wildman–Crippen LogP) is 3.17. The summed E-state index contributed by atoms with van der Waals surface area (Å²) >= 11 is 0. The van der Waals surface area contributed by atoms with E-state index < -0.39 is 11.1 Å². The van der Waals surface area contributed by atoms with Crippen molar-refractivity contribution < 1.29 is 23.8 Å². The van der Waals surface area contributed by atoms with Gasteiger partial charge in [0.2, 0.25) is 11.8 Å². The van der Waals surface area contributed by atoms with Gasteiger partial charge in [0, 0.05) is 6.54 Å². The second-order valence-electron chi connectivity index (χ2n) is 10.8. The summed E-state index contributed by atoms with van der Waals surface area (Å²) in [6, 6.07) is 8.03. The molecule has 2 bridgehead atoms. The van der Waals surface area contributed by atoms with E-state index in [0.29, 0.717) is 25.7 Å². The van der Waals surface area contributed by atoms with Gasteiger partial charge in [-0.1, -0.05) is 18.2 Å². The van der Waals surface area contributed by atoms with E-state index in [2.05, 4.69) is 17.4 Å². The van der Waals surface area contributed by atoms with E-state index in [9.17, 15) is 9.59 Å². The maximum atomic E-state index is 13.7. The molecule has 7 nitrogen and oxygen atoms in total. The van der Waals surface area contributed by atoms with Crippen LogP contribution < -0.4 is 10.1 Å². The Hall–Kier alpha value is -2.12. The first-order valence-corrected chi connectivity index (χ1v) is 12.4. The van der Waals surface area contributed by atoms with Gasteiger partial charge in [-0.05, 0) is 69.9 Å². The lowest BCUT2D eigenvalue weighted by Crippen LogP contribution is -2.72. The van der Waals surface area contributed by atoms with Crippen molar-refractivity contribution in [2.45, 2.75) is 88.0 Å². The van der Waals surface area contributed by atoms with Crippen LogP contribution in [0.1, 0.15) is 70.3 Å². The molecule has 4 heterocycles. The van der Waals surface area contributed by atoms with Crippen molar-refractivity contribution in [2.75, 3.05) is 26.4 Å². The van der Waals surface area contributed by atoms with E-state index in [1.807, 2.05) is 30.9 Å². The number of morpholine rings is 1. The van der Waals surface area contributed by atoms with E-state index in [0.717, 1.165) is 44.3 Å². The fourth-order valence-electron chi connectivity index (χ4n) is 6.20. The molecule has 3 fully saturated rings. The Morgan fingerprint density at radius 3 is 2.67 bits per heavy atom. The SMILES string of the molecule is CC1(C)CC(=O)N2CCC[C@]3(COCC(=O)N3)[C@H]2COC2CCC(CC2)c2ccccc2O1. The molecule has 1 saturated carbocycles. The number of carbonyl (C=O) groups excluding carboxylic acids is 2. The van der Waals surface area contributed by atoms with Gasteiger partial charge in [-0.15, -0.1) is 0 Å². The molecule has 180 valence electrons. The first-order chi connectivity index (χ1) is 15.9. The van der Waals surface area contributed by atoms with E-state index in [1.165, 1.54) is 5.56 Å². The zero-order valence-corrected chi connectivity index (χ0v) is 19.8. The van der Waals surface area contributed by atoms with Gasteiger partial charge in [0.05, 0.1) is 37.3 Å². The number of benzene rings is 1. The summed E-state index contributed by atoms with van der Waals surface area (Å²) in [6.07, 6.45) is 6.13. The molecule has 4 aliphatic heterocycles. The molecular formula is C26H36N2O5. The minimum atomic E-state index is -0.656. The van der Waals surface area contributed by atoms with Crippen LogP contribution in [0, 0.1) is 0 Å². The number of ether oxygens (including phenoxy) is 3. The van der Waals surface area contributed by atoms with Crippen molar-refractivity contribution in [1.82, 2.24) is 10.2 Å². The summed E-state index contributed by atoms with van der Waals surface area (Å²) < 4.78 is 18.7. The van der Waals surface area contributed by atoms with Crippen molar-refractivity contribution in [2.24, 2.45) is 0 Å². The normalized spacial score (nSPS) is 34.6. The van der Waals surface area contributed by atoms with Crippen molar-refractivity contribution in [3.05, 3.63) is 29.8 Å². The van der Waals surface area contributed by atoms with Gasteiger partial charge in [0.15, 0.2) is 0 Å². The van der Waals surface area contributed by atoms with Crippen molar-refractivity contribution in [3.8, 4) is 5.75 Å². The second-order valence-corrected chi connectivity index (χ2v) is 10.8. The molecule has 1 aromatic carbocycles. The maximum absolute atomic E-state index is 13.7. The van der Waals surface area contributed by atoms with Crippen LogP contribution in [0.25, 0.3) is 0 Å². The number of nitrogens with one attached hydrogen (secondary N) is 1. The van der Waals surface area contributed by atoms with Gasteiger partial charge in [0.1, 0.15) is 18.0 Å². The summed E-state index contributed by atoms with van der Waals surface area (Å²) in [4.78, 5) is 27.9. The van der Waals surface area contributed by atoms with E-state index in [-0.39, 0.29) is 37.0 Å². The maximum Gasteiger partial charge on any atom is 0.246 e. The van der Waals surface area contributed by atoms with Crippen LogP contribution >= 0.6 is 0 Å². The molecule has 33 heavy (non-hydrogen) atoms. The molecular weight excluding hydrogens is 420 g/mol. The molecule has 1 aliphatic carbocycles. The highest BCUT2D eigenvalue weighted by atomic mass is 16.5. The molecule has 5 aliphatic rings. The van der Waals surface area contributed by atoms with Crippen LogP contribution in [-0.2, 0) is 19.1 Å². The molecule has 2 amide bonds. The van der Waals surface area contributed by atoms with Gasteiger partial charge in [0.25, 0.3) is 0 Å². The Labute approximate surface area is 196 Å². The average Bonchev–Trinajstić information content (AvgIpc) is 2.78. The van der Waals surface area contributed by atoms with E-state index in [4.69, 9.17) is 14.2 Å². The van der Waals surface area contributed by atoms with E-state index in [1.54, 1.807) is 0 Å². The van der Waals surface area contributed by atoms with Crippen molar-refractivity contribution in [3.63, 3.8) is 0 Å². The monoisotopic (exact) mass is 456 g/mol. The highest BCUT2D eigenvalue weighted by Crippen LogP contribution is 2.41. The van der Waals surface area contributed by atoms with Gasteiger partial charge in [-0.25, -0.2) is 0 Å². The quantitative estimate of drug-likeness (QED) is 0.649. The number of hydrogen-bond acceptors (Lipinski definition) is 5. The predicted molar refractivity (Wildman–Crippen MR) is 123 cm³/mol. The molecule has 1 spiro atoms. The minimum absolute atomic E-state index is 0.0344. The van der Waals surface area contributed by atoms with Crippen LogP contribution in [-0.4, -0.2) is 66.4 Å². The van der Waals surface area contributed by atoms with Crippen LogP contribution in [0.4, 0.5) is 0 Å². The highest BCUT2D eigenvalue weighted by molar-refractivity contribution is 5.80. The van der Waals surface area contributed by atoms with Crippen LogP contribution in [0.2, 0.25) is 0 Å². The Bertz CT molecular complexity index is 890. The Balaban J connectivity index is 1.48. The lowest BCUT2D eigenvalue weighted by molar-refractivity contribution is -0.157. The van der Waals surface area contributed by atoms with Crippen molar-refractivity contribution >= 4 is 11.8 Å². The number of para-hydroxylation sites is 1. The summed E-state index contributed by atoms with van der Waals surface area (Å²) in [5, 5.41) is 3.19. The summed E-state index contributed by atoms with van der Waals surface area (Å²) in [5.74, 6) is 1.25. The summed E-state index contributed by atoms with van der Waals surface area (Å²) in [5.41, 5.74) is -0.00298. The fourth-order valence-corrected chi connectivity index (χ4v) is 6.20. The first kappa shape index (κ1) is 22.7. The third kappa shape index (κ3) is 4.62. The molecule has 0 radical (unpaired) electrons. The largest absolute Gasteiger partial charge is 0.487 e. The van der Waals surface area contributed by atoms with Crippen LogP contribution in [0.15, 0.2) is 24.3 Å². The third-order valence-electron chi connectivity index (χ3n) is 7.82. The number of nitrogens with zero attached hydrogens (tertiary/aromatic N) is 1. The molecule has 2 atom stereocenters. The topological polar surface area (TPSA) is 77.1 Å². The molecule has 0 aromatic heterocycles. The highest BCUT2D eigenvalue weighted by Gasteiger charge is 2.50. The second kappa shape index (κ2) is 8.91. The Kier molecular flexibility index (Phi) is 6.12. The van der Waals surface area contributed by atoms with Gasteiger partial charge in [-0.3, -0.25) is 9.59 Å². The number of hydrogen-bond donors (Lipinski definition) is 1. The third-order valence-corrected chi connectivity index (χ3v) is 7.82. The molecule has 1 aromatic rings. The molecule has 1 N–H and O–H groups in total. The standard InChI is InChI=1S/C26H36N2O5/c1-25(2)14-24(30)28-13-5-12-26(17-31-16-23(29)27-26)22(28)15-32-19-10-8-18(9-11-19)20-6-3-4-7-21(20)33-25/h3-4,6-7,18-19,22H,5,8-17H2,1-2H3,(H,27,29)/t18?,19?,22-,26+/m1/s1.